The fourth-order valence-electron chi connectivity index (χ4n) is 4.47. The molecule has 0 saturated heterocycles. The van der Waals surface area contributed by atoms with Gasteiger partial charge in [-0.3, -0.25) is 9.13 Å². The van der Waals surface area contributed by atoms with E-state index in [0.717, 1.165) is 33.8 Å². The van der Waals surface area contributed by atoms with Crippen molar-refractivity contribution in [2.24, 2.45) is 0 Å². The zero-order valence-electron chi connectivity index (χ0n) is 23.4. The van der Waals surface area contributed by atoms with Gasteiger partial charge in [0.25, 0.3) is 0 Å². The van der Waals surface area contributed by atoms with Crippen LogP contribution in [0.25, 0.3) is 33.9 Å². The molecule has 0 radical (unpaired) electrons. The van der Waals surface area contributed by atoms with Gasteiger partial charge < -0.3 is 39.5 Å². The van der Waals surface area contributed by atoms with Crippen molar-refractivity contribution in [3.05, 3.63) is 69.6 Å². The summed E-state index contributed by atoms with van der Waals surface area (Å²) in [5.74, 6) is 0.638. The van der Waals surface area contributed by atoms with Gasteiger partial charge >= 0.3 is 15.2 Å². The minimum absolute atomic E-state index is 0.0732. The van der Waals surface area contributed by atoms with Crippen LogP contribution >= 0.6 is 47.1 Å². The molecule has 6 N–H and O–H groups in total. The molecule has 4 rings (SSSR count). The highest BCUT2D eigenvalue weighted by Gasteiger charge is 2.20. The first-order valence-electron chi connectivity index (χ1n) is 13.2. The van der Waals surface area contributed by atoms with Crippen LogP contribution in [0.4, 0.5) is 11.4 Å². The molecule has 0 unspecified atom stereocenters. The van der Waals surface area contributed by atoms with Gasteiger partial charge in [-0.25, -0.2) is 4.98 Å². The summed E-state index contributed by atoms with van der Waals surface area (Å²) in [6, 6.07) is 18.7. The summed E-state index contributed by atoms with van der Waals surface area (Å²) in [5.41, 5.74) is 5.40. The minimum Gasteiger partial charge on any atom is -0.506 e. The average Bonchev–Trinajstić information content (AvgIpc) is 3.40. The standard InChI is InChI=1S/C28H32Br2N4O7P2/c1-3-34(13-15-43(39,40)41)22-10-6-19(7-11-22)26-25(31-28(32-26)20-16-23(29)27(35)24(30)17-20)18-4-8-21(9-5-18)33(2)12-14-42(36,37)38/h4-11,16-17,35H,3,12-15H2,1-2H3,(H,31,32)(H2,36,37,38)(H2,39,40,41). The fourth-order valence-corrected chi connectivity index (χ4v) is 6.72. The second kappa shape index (κ2) is 13.7. The number of nitrogens with zero attached hydrogens (tertiary/aromatic N) is 3. The van der Waals surface area contributed by atoms with Crippen LogP contribution < -0.4 is 9.80 Å². The Hall–Kier alpha value is -2.47. The van der Waals surface area contributed by atoms with E-state index >= 15 is 0 Å². The lowest BCUT2D eigenvalue weighted by Gasteiger charge is -2.23. The van der Waals surface area contributed by atoms with Crippen LogP contribution in [0.5, 0.6) is 5.75 Å². The van der Waals surface area contributed by atoms with Crippen LogP contribution in [-0.4, -0.2) is 73.7 Å². The Morgan fingerprint density at radius 2 is 1.30 bits per heavy atom. The van der Waals surface area contributed by atoms with E-state index in [1.165, 1.54) is 0 Å². The molecule has 3 aromatic carbocycles. The molecular formula is C28H32Br2N4O7P2. The monoisotopic (exact) mass is 756 g/mol. The third-order valence-corrected chi connectivity index (χ3v) is 9.64. The summed E-state index contributed by atoms with van der Waals surface area (Å²) in [5, 5.41) is 10.2. The quantitative estimate of drug-likeness (QED) is 0.0908. The van der Waals surface area contributed by atoms with E-state index in [-0.39, 0.29) is 31.2 Å². The second-order valence-electron chi connectivity index (χ2n) is 9.97. The van der Waals surface area contributed by atoms with Gasteiger partial charge in [0.1, 0.15) is 11.6 Å². The second-order valence-corrected chi connectivity index (χ2v) is 15.2. The molecule has 0 aliphatic carbocycles. The highest BCUT2D eigenvalue weighted by atomic mass is 79.9. The zero-order chi connectivity index (χ0) is 31.5. The van der Waals surface area contributed by atoms with Crippen LogP contribution in [0, 0.1) is 0 Å². The number of benzene rings is 3. The van der Waals surface area contributed by atoms with E-state index < -0.39 is 15.2 Å². The lowest BCUT2D eigenvalue weighted by Crippen LogP contribution is -2.26. The topological polar surface area (TPSA) is 170 Å². The Labute approximate surface area is 266 Å². The van der Waals surface area contributed by atoms with Crippen LogP contribution in [0.3, 0.4) is 0 Å². The van der Waals surface area contributed by atoms with Crippen LogP contribution in [0.1, 0.15) is 6.92 Å². The summed E-state index contributed by atoms with van der Waals surface area (Å²) in [4.78, 5) is 49.1. The van der Waals surface area contributed by atoms with E-state index in [0.29, 0.717) is 27.0 Å². The number of hydrogen-bond donors (Lipinski definition) is 6. The van der Waals surface area contributed by atoms with Crippen molar-refractivity contribution < 1.29 is 33.8 Å². The number of hydrogen-bond acceptors (Lipinski definition) is 6. The largest absolute Gasteiger partial charge is 0.506 e. The summed E-state index contributed by atoms with van der Waals surface area (Å²) < 4.78 is 23.7. The van der Waals surface area contributed by atoms with Gasteiger partial charge in [0.05, 0.1) is 32.7 Å². The van der Waals surface area contributed by atoms with Crippen LogP contribution in [0.15, 0.2) is 69.6 Å². The first-order valence-corrected chi connectivity index (χ1v) is 18.4. The maximum absolute atomic E-state index is 11.4. The van der Waals surface area contributed by atoms with Crippen molar-refractivity contribution in [2.45, 2.75) is 6.92 Å². The number of rotatable bonds is 12. The fraction of sp³-hybridized carbons (Fsp3) is 0.250. The number of halogens is 2. The molecule has 0 bridgehead atoms. The Balaban J connectivity index is 1.72. The number of aromatic nitrogens is 2. The van der Waals surface area contributed by atoms with Crippen molar-refractivity contribution in [1.29, 1.82) is 0 Å². The van der Waals surface area contributed by atoms with Crippen molar-refractivity contribution >= 4 is 58.4 Å². The van der Waals surface area contributed by atoms with Crippen molar-refractivity contribution in [3.63, 3.8) is 0 Å². The number of anilines is 2. The van der Waals surface area contributed by atoms with Gasteiger partial charge in [-0.05, 0) is 75.2 Å². The molecule has 0 aliphatic rings. The molecule has 43 heavy (non-hydrogen) atoms. The molecule has 1 heterocycles. The molecule has 0 saturated carbocycles. The molecule has 0 aliphatic heterocycles. The van der Waals surface area contributed by atoms with Gasteiger partial charge in [0, 0.05) is 54.7 Å². The summed E-state index contributed by atoms with van der Waals surface area (Å²) in [7, 11) is -6.47. The predicted molar refractivity (Wildman–Crippen MR) is 177 cm³/mol. The van der Waals surface area contributed by atoms with E-state index in [1.807, 2.05) is 60.4 Å². The lowest BCUT2D eigenvalue weighted by atomic mass is 10.0. The summed E-state index contributed by atoms with van der Waals surface area (Å²) >= 11 is 6.76. The molecule has 11 nitrogen and oxygen atoms in total. The average molecular weight is 758 g/mol. The maximum atomic E-state index is 11.4. The number of phenolic OH excluding ortho intramolecular Hbond substituents is 1. The number of phenols is 1. The van der Waals surface area contributed by atoms with E-state index in [2.05, 4.69) is 36.8 Å². The van der Waals surface area contributed by atoms with Crippen molar-refractivity contribution in [1.82, 2.24) is 9.97 Å². The Bertz CT molecular complexity index is 1650. The third kappa shape index (κ3) is 8.80. The first kappa shape index (κ1) is 33.4. The Morgan fingerprint density at radius 1 is 0.791 bits per heavy atom. The normalized spacial score (nSPS) is 12.0. The van der Waals surface area contributed by atoms with Gasteiger partial charge in [-0.1, -0.05) is 24.3 Å². The molecular weight excluding hydrogens is 726 g/mol. The van der Waals surface area contributed by atoms with Gasteiger partial charge in [-0.2, -0.15) is 0 Å². The van der Waals surface area contributed by atoms with E-state index in [4.69, 9.17) is 4.98 Å². The number of imidazole rings is 1. The molecule has 0 spiro atoms. The van der Waals surface area contributed by atoms with E-state index in [1.54, 1.807) is 24.1 Å². The van der Waals surface area contributed by atoms with Gasteiger partial charge in [0.2, 0.25) is 0 Å². The molecule has 0 atom stereocenters. The van der Waals surface area contributed by atoms with Crippen molar-refractivity contribution in [2.75, 3.05) is 48.8 Å². The predicted octanol–water partition coefficient (Wildman–Crippen LogP) is 6.26. The van der Waals surface area contributed by atoms with Gasteiger partial charge in [-0.15, -0.1) is 0 Å². The highest BCUT2D eigenvalue weighted by Crippen LogP contribution is 2.40. The summed E-state index contributed by atoms with van der Waals surface area (Å²) in [6.07, 6.45) is -0.487. The van der Waals surface area contributed by atoms with Gasteiger partial charge in [0.15, 0.2) is 0 Å². The molecule has 15 heteroatoms. The maximum Gasteiger partial charge on any atom is 0.327 e. The third-order valence-electron chi connectivity index (χ3n) is 6.87. The molecule has 4 aromatic rings. The number of H-pyrrole nitrogens is 1. The Kier molecular flexibility index (Phi) is 10.6. The molecule has 1 aromatic heterocycles. The zero-order valence-corrected chi connectivity index (χ0v) is 28.3. The number of nitrogens with one attached hydrogen (secondary N) is 1. The first-order chi connectivity index (χ1) is 20.1. The van der Waals surface area contributed by atoms with Crippen LogP contribution in [-0.2, 0) is 9.13 Å². The van der Waals surface area contributed by atoms with E-state index in [9.17, 15) is 33.8 Å². The minimum atomic E-state index is -4.12. The number of aromatic amines is 1. The summed E-state index contributed by atoms with van der Waals surface area (Å²) in [6.45, 7) is 2.92. The molecule has 0 amide bonds. The van der Waals surface area contributed by atoms with Crippen LogP contribution in [0.2, 0.25) is 0 Å². The lowest BCUT2D eigenvalue weighted by molar-refractivity contribution is 0.371. The van der Waals surface area contributed by atoms with Crippen molar-refractivity contribution in [3.8, 4) is 39.7 Å². The molecule has 230 valence electrons. The SMILES string of the molecule is CCN(CCP(=O)(O)O)c1ccc(-c2[nH]c(-c3cc(Br)c(O)c(Br)c3)nc2-c2ccc(N(C)CCP(=O)(O)O)cc2)cc1. The smallest absolute Gasteiger partial charge is 0.327 e. The molecule has 0 fully saturated rings. The highest BCUT2D eigenvalue weighted by molar-refractivity contribution is 9.11. The number of aromatic hydroxyl groups is 1. The Morgan fingerprint density at radius 3 is 1.84 bits per heavy atom.